The molecule has 4 rings (SSSR count). The topological polar surface area (TPSA) is 191 Å². The normalized spacial score (nSPS) is 12.3. The zero-order valence-corrected chi connectivity index (χ0v) is 24.3. The van der Waals surface area contributed by atoms with Crippen molar-refractivity contribution in [2.75, 3.05) is 38.2 Å². The molecule has 0 saturated carbocycles. The van der Waals surface area contributed by atoms with Crippen molar-refractivity contribution in [1.82, 2.24) is 29.5 Å². The molecule has 45 heavy (non-hydrogen) atoms. The Morgan fingerprint density at radius 1 is 1.24 bits per heavy atom. The molecular formula is C28H33F3N8O6. The third-order valence-electron chi connectivity index (χ3n) is 6.67. The molecule has 6 N–H and O–H groups in total. The number of nitrogens with one attached hydrogen (secondary N) is 2. The van der Waals surface area contributed by atoms with Gasteiger partial charge in [0.15, 0.2) is 22.9 Å². The van der Waals surface area contributed by atoms with Crippen LogP contribution in [0.3, 0.4) is 0 Å². The quantitative estimate of drug-likeness (QED) is 0.0894. The average Bonchev–Trinajstić information content (AvgIpc) is 3.62. The number of rotatable bonds is 16. The van der Waals surface area contributed by atoms with Crippen LogP contribution >= 0.6 is 0 Å². The van der Waals surface area contributed by atoms with Gasteiger partial charge in [0.2, 0.25) is 0 Å². The zero-order chi connectivity index (χ0) is 32.6. The van der Waals surface area contributed by atoms with Crippen LogP contribution in [0.2, 0.25) is 0 Å². The monoisotopic (exact) mass is 634 g/mol. The molecule has 4 aromatic rings. The molecule has 1 amide bonds. The fourth-order valence-electron chi connectivity index (χ4n) is 4.69. The maximum absolute atomic E-state index is 14.0. The molecule has 0 spiro atoms. The lowest BCUT2D eigenvalue weighted by Crippen LogP contribution is -2.29. The number of hydrogen-bond acceptors (Lipinski definition) is 11. The molecule has 0 fully saturated rings. The highest BCUT2D eigenvalue weighted by atomic mass is 19.4. The van der Waals surface area contributed by atoms with Crippen LogP contribution in [0, 0.1) is 0 Å². The fraction of sp³-hybridized carbons (Fsp3) is 0.393. The summed E-state index contributed by atoms with van der Waals surface area (Å²) in [6, 6.07) is 3.05. The molecule has 3 heterocycles. The van der Waals surface area contributed by atoms with Gasteiger partial charge in [0.05, 0.1) is 49.0 Å². The molecule has 3 aromatic heterocycles. The van der Waals surface area contributed by atoms with Gasteiger partial charge in [-0.2, -0.15) is 18.3 Å². The lowest BCUT2D eigenvalue weighted by Gasteiger charge is -2.17. The number of aliphatic hydroxyl groups is 2. The fourth-order valence-corrected chi connectivity index (χ4v) is 4.69. The van der Waals surface area contributed by atoms with Gasteiger partial charge in [-0.25, -0.2) is 9.97 Å². The van der Waals surface area contributed by atoms with Crippen molar-refractivity contribution in [3.63, 3.8) is 0 Å². The van der Waals surface area contributed by atoms with Crippen LogP contribution < -0.4 is 21.1 Å². The number of imidazole rings is 1. The van der Waals surface area contributed by atoms with Crippen molar-refractivity contribution in [2.24, 2.45) is 5.73 Å². The Labute approximate surface area is 255 Å². The molecule has 0 radical (unpaired) electrons. The van der Waals surface area contributed by atoms with Crippen LogP contribution in [0.15, 0.2) is 36.9 Å². The predicted molar refractivity (Wildman–Crippen MR) is 155 cm³/mol. The number of nitrogens with two attached hydrogens (primary N) is 1. The van der Waals surface area contributed by atoms with Crippen molar-refractivity contribution < 1.29 is 42.4 Å². The third kappa shape index (κ3) is 7.75. The highest BCUT2D eigenvalue weighted by Crippen LogP contribution is 2.38. The Morgan fingerprint density at radius 3 is 2.73 bits per heavy atom. The summed E-state index contributed by atoms with van der Waals surface area (Å²) in [7, 11) is 0. The molecule has 1 atom stereocenters. The number of fused-ring (bicyclic) bond motifs is 1. The Balaban J connectivity index is 1.69. The summed E-state index contributed by atoms with van der Waals surface area (Å²) >= 11 is 0. The van der Waals surface area contributed by atoms with E-state index in [9.17, 15) is 27.9 Å². The van der Waals surface area contributed by atoms with E-state index in [2.05, 4.69) is 25.7 Å². The first-order chi connectivity index (χ1) is 21.6. The molecule has 0 saturated heterocycles. The number of carbonyl (C=O) groups is 2. The number of amides is 1. The zero-order valence-electron chi connectivity index (χ0n) is 24.3. The summed E-state index contributed by atoms with van der Waals surface area (Å²) < 4.78 is 54.9. The van der Waals surface area contributed by atoms with Gasteiger partial charge in [-0.05, 0) is 25.0 Å². The van der Waals surface area contributed by atoms with Gasteiger partial charge in [-0.15, -0.1) is 0 Å². The average molecular weight is 635 g/mol. The first-order valence-corrected chi connectivity index (χ1v) is 14.0. The van der Waals surface area contributed by atoms with Gasteiger partial charge < -0.3 is 36.1 Å². The molecular weight excluding hydrogens is 601 g/mol. The molecule has 242 valence electrons. The number of benzene rings is 1. The SMILES string of the molecule is CCc1c(C(=O)NCCOCCN)ccc(Nc2nccn3c(-c4cn(CC(O)CCO)nc4C(F)(F)F)cnc23)c1OC=O. The number of halogens is 3. The van der Waals surface area contributed by atoms with E-state index in [4.69, 9.17) is 20.3 Å². The van der Waals surface area contributed by atoms with Gasteiger partial charge >= 0.3 is 6.18 Å². The minimum Gasteiger partial charge on any atom is -0.426 e. The molecule has 0 aliphatic carbocycles. The Morgan fingerprint density at radius 2 is 2.04 bits per heavy atom. The molecule has 0 aliphatic heterocycles. The van der Waals surface area contributed by atoms with E-state index in [-0.39, 0.29) is 78.9 Å². The predicted octanol–water partition coefficient (Wildman–Crippen LogP) is 1.90. The minimum absolute atomic E-state index is 0.0295. The maximum Gasteiger partial charge on any atom is 0.435 e. The minimum atomic E-state index is -4.82. The van der Waals surface area contributed by atoms with Gasteiger partial charge in [0, 0.05) is 49.4 Å². The smallest absolute Gasteiger partial charge is 0.426 e. The molecule has 0 bridgehead atoms. The Hall–Kier alpha value is -4.58. The molecule has 1 aromatic carbocycles. The van der Waals surface area contributed by atoms with Crippen molar-refractivity contribution in [3.8, 4) is 17.0 Å². The van der Waals surface area contributed by atoms with Crippen molar-refractivity contribution >= 4 is 29.5 Å². The van der Waals surface area contributed by atoms with Crippen LogP contribution in [0.25, 0.3) is 16.9 Å². The third-order valence-corrected chi connectivity index (χ3v) is 6.67. The van der Waals surface area contributed by atoms with Crippen molar-refractivity contribution in [3.05, 3.63) is 53.7 Å². The second-order valence-corrected chi connectivity index (χ2v) is 9.71. The van der Waals surface area contributed by atoms with E-state index < -0.39 is 23.9 Å². The first-order valence-electron chi connectivity index (χ1n) is 14.0. The second kappa shape index (κ2) is 14.9. The van der Waals surface area contributed by atoms with Crippen LogP contribution in [0.1, 0.15) is 35.0 Å². The summed E-state index contributed by atoms with van der Waals surface area (Å²) in [4.78, 5) is 32.9. The van der Waals surface area contributed by atoms with E-state index in [0.717, 1.165) is 10.9 Å². The highest BCUT2D eigenvalue weighted by molar-refractivity contribution is 5.97. The largest absolute Gasteiger partial charge is 0.435 e. The number of ether oxygens (including phenoxy) is 2. The number of alkyl halides is 3. The van der Waals surface area contributed by atoms with Gasteiger partial charge in [0.25, 0.3) is 12.4 Å². The summed E-state index contributed by atoms with van der Waals surface area (Å²) in [6.45, 7) is 2.61. The van der Waals surface area contributed by atoms with E-state index in [1.165, 1.54) is 29.1 Å². The standard InChI is InChI=1S/C28H33F3N8O6/c1-2-18-19(27(43)34-8-12-44-11-6-32)3-4-21(23(18)45-16-41)36-25-26-35-13-22(39(26)9-7-33-25)20-15-38(14-17(42)5-10-40)37-24(20)28(29,30)31/h3-4,7,9,13,15-17,40,42H,2,5-6,8,10-12,14,32H2,1H3,(H,33,36)(H,34,43). The summed E-state index contributed by atoms with van der Waals surface area (Å²) in [6.07, 6.45) is -0.485. The highest BCUT2D eigenvalue weighted by Gasteiger charge is 2.38. The maximum atomic E-state index is 14.0. The molecule has 1 unspecified atom stereocenters. The summed E-state index contributed by atoms with van der Waals surface area (Å²) in [5.41, 5.74) is 5.07. The lowest BCUT2D eigenvalue weighted by atomic mass is 10.0. The Bertz CT molecular complexity index is 1620. The molecule has 17 heteroatoms. The van der Waals surface area contributed by atoms with Crippen LogP contribution in [-0.2, 0) is 28.7 Å². The van der Waals surface area contributed by atoms with Crippen molar-refractivity contribution in [1.29, 1.82) is 0 Å². The Kier molecular flexibility index (Phi) is 11.1. The number of aliphatic hydroxyl groups excluding tert-OH is 2. The van der Waals surface area contributed by atoms with Crippen LogP contribution in [-0.4, -0.2) is 85.8 Å². The van der Waals surface area contributed by atoms with Crippen LogP contribution in [0.5, 0.6) is 5.75 Å². The second-order valence-electron chi connectivity index (χ2n) is 9.71. The van der Waals surface area contributed by atoms with Gasteiger partial charge in [-0.3, -0.25) is 18.7 Å². The summed E-state index contributed by atoms with van der Waals surface area (Å²) in [5.74, 6) is -0.221. The van der Waals surface area contributed by atoms with Gasteiger partial charge in [0.1, 0.15) is 0 Å². The van der Waals surface area contributed by atoms with E-state index in [0.29, 0.717) is 25.1 Å². The first kappa shape index (κ1) is 33.3. The van der Waals surface area contributed by atoms with Gasteiger partial charge in [-0.1, -0.05) is 6.92 Å². The lowest BCUT2D eigenvalue weighted by molar-refractivity contribution is -0.141. The molecule has 14 nitrogen and oxygen atoms in total. The number of hydrogen-bond donors (Lipinski definition) is 5. The molecule has 0 aliphatic rings. The number of nitrogens with zero attached hydrogens (tertiary/aromatic N) is 5. The van der Waals surface area contributed by atoms with E-state index in [1.807, 2.05) is 0 Å². The van der Waals surface area contributed by atoms with Crippen molar-refractivity contribution in [2.45, 2.75) is 38.6 Å². The van der Waals surface area contributed by atoms with E-state index >= 15 is 0 Å². The number of carbonyl (C=O) groups excluding carboxylic acids is 2. The number of aromatic nitrogens is 5. The number of anilines is 2. The van der Waals surface area contributed by atoms with E-state index in [1.54, 1.807) is 13.0 Å². The summed E-state index contributed by atoms with van der Waals surface area (Å²) in [5, 5.41) is 28.4. The van der Waals surface area contributed by atoms with Crippen LogP contribution in [0.4, 0.5) is 24.7 Å².